The molecule has 0 saturated carbocycles. The summed E-state index contributed by atoms with van der Waals surface area (Å²) in [6.45, 7) is 5.67. The van der Waals surface area contributed by atoms with Gasteiger partial charge >= 0.3 is 11.6 Å². The fraction of sp³-hybridized carbons (Fsp3) is 0.222. The van der Waals surface area contributed by atoms with Crippen LogP contribution in [-0.2, 0) is 0 Å². The molecule has 1 aromatic heterocycles. The molecular formula is C18H18N4O3. The highest BCUT2D eigenvalue weighted by Crippen LogP contribution is 2.35. The molecule has 0 aliphatic carbocycles. The molecule has 0 unspecified atom stereocenters. The first-order valence-corrected chi connectivity index (χ1v) is 7.78. The molecule has 0 atom stereocenters. The van der Waals surface area contributed by atoms with Gasteiger partial charge in [0.2, 0.25) is 5.82 Å². The fourth-order valence-electron chi connectivity index (χ4n) is 2.39. The molecule has 0 saturated heterocycles. The van der Waals surface area contributed by atoms with E-state index in [1.807, 2.05) is 57.2 Å². The van der Waals surface area contributed by atoms with Crippen molar-refractivity contribution in [1.29, 1.82) is 0 Å². The van der Waals surface area contributed by atoms with Crippen LogP contribution in [0.2, 0.25) is 0 Å². The minimum Gasteiger partial charge on any atom is -0.434 e. The number of ether oxygens (including phenoxy) is 1. The summed E-state index contributed by atoms with van der Waals surface area (Å²) in [5.41, 5.74) is -0.676. The number of rotatable bonds is 4. The van der Waals surface area contributed by atoms with Crippen molar-refractivity contribution in [3.05, 3.63) is 58.9 Å². The summed E-state index contributed by atoms with van der Waals surface area (Å²) in [6.07, 6.45) is 1.25. The van der Waals surface area contributed by atoms with Gasteiger partial charge in [-0.2, -0.15) is 4.98 Å². The van der Waals surface area contributed by atoms with Crippen molar-refractivity contribution in [3.8, 4) is 11.6 Å². The SMILES string of the molecule is CC(C)(C)Nc1ncnc(Oc2ccc3ccccc3c2)c1[N+](=O)[O-]. The van der Waals surface area contributed by atoms with Crippen molar-refractivity contribution >= 4 is 22.3 Å². The first-order chi connectivity index (χ1) is 11.8. The highest BCUT2D eigenvalue weighted by Gasteiger charge is 2.27. The van der Waals surface area contributed by atoms with Gasteiger partial charge in [-0.15, -0.1) is 0 Å². The third kappa shape index (κ3) is 3.82. The summed E-state index contributed by atoms with van der Waals surface area (Å²) in [5, 5.41) is 16.6. The van der Waals surface area contributed by atoms with E-state index in [1.54, 1.807) is 6.07 Å². The first-order valence-electron chi connectivity index (χ1n) is 7.78. The van der Waals surface area contributed by atoms with Gasteiger partial charge in [-0.05, 0) is 43.7 Å². The van der Waals surface area contributed by atoms with Crippen molar-refractivity contribution < 1.29 is 9.66 Å². The molecule has 0 radical (unpaired) electrons. The van der Waals surface area contributed by atoms with Gasteiger partial charge in [-0.1, -0.05) is 30.3 Å². The van der Waals surface area contributed by atoms with Crippen LogP contribution in [0.1, 0.15) is 20.8 Å². The average molecular weight is 338 g/mol. The van der Waals surface area contributed by atoms with Crippen LogP contribution in [0.4, 0.5) is 11.5 Å². The number of hydrogen-bond acceptors (Lipinski definition) is 6. The highest BCUT2D eigenvalue weighted by molar-refractivity contribution is 5.83. The Hall–Kier alpha value is -3.22. The lowest BCUT2D eigenvalue weighted by Crippen LogP contribution is -2.27. The topological polar surface area (TPSA) is 90.2 Å². The zero-order valence-corrected chi connectivity index (χ0v) is 14.2. The van der Waals surface area contributed by atoms with Crippen LogP contribution < -0.4 is 10.1 Å². The van der Waals surface area contributed by atoms with Crippen molar-refractivity contribution in [2.45, 2.75) is 26.3 Å². The standard InChI is InChI=1S/C18H18N4O3/c1-18(2,3)21-16-15(22(23)24)17(20-11-19-16)25-14-9-8-12-6-4-5-7-13(12)10-14/h4-11H,1-3H3,(H,19,20,21). The Morgan fingerprint density at radius 2 is 1.80 bits per heavy atom. The number of nitro groups is 1. The number of fused-ring (bicyclic) bond motifs is 1. The Morgan fingerprint density at radius 3 is 2.48 bits per heavy atom. The zero-order valence-electron chi connectivity index (χ0n) is 14.2. The normalized spacial score (nSPS) is 11.3. The summed E-state index contributed by atoms with van der Waals surface area (Å²) >= 11 is 0. The maximum Gasteiger partial charge on any atom is 0.373 e. The molecule has 7 heteroatoms. The van der Waals surface area contributed by atoms with Crippen LogP contribution >= 0.6 is 0 Å². The molecule has 0 fully saturated rings. The number of nitrogens with zero attached hydrogens (tertiary/aromatic N) is 3. The lowest BCUT2D eigenvalue weighted by Gasteiger charge is -2.21. The molecule has 0 spiro atoms. The van der Waals surface area contributed by atoms with Gasteiger partial charge in [0.15, 0.2) is 0 Å². The molecule has 3 rings (SSSR count). The van der Waals surface area contributed by atoms with Crippen molar-refractivity contribution in [3.63, 3.8) is 0 Å². The molecule has 0 aliphatic rings. The second kappa shape index (κ2) is 6.35. The molecule has 0 amide bonds. The largest absolute Gasteiger partial charge is 0.434 e. The second-order valence-corrected chi connectivity index (χ2v) is 6.62. The van der Waals surface area contributed by atoms with E-state index in [1.165, 1.54) is 6.33 Å². The van der Waals surface area contributed by atoms with Crippen LogP contribution in [0.25, 0.3) is 10.8 Å². The quantitative estimate of drug-likeness (QED) is 0.555. The Kier molecular flexibility index (Phi) is 4.22. The molecule has 128 valence electrons. The van der Waals surface area contributed by atoms with Gasteiger partial charge in [0, 0.05) is 5.54 Å². The summed E-state index contributed by atoms with van der Waals surface area (Å²) in [5.74, 6) is 0.507. The van der Waals surface area contributed by atoms with Gasteiger partial charge in [0.25, 0.3) is 0 Å². The fourth-order valence-corrected chi connectivity index (χ4v) is 2.39. The summed E-state index contributed by atoms with van der Waals surface area (Å²) in [4.78, 5) is 18.9. The van der Waals surface area contributed by atoms with Crippen molar-refractivity contribution in [2.75, 3.05) is 5.32 Å². The van der Waals surface area contributed by atoms with Crippen LogP contribution in [0.5, 0.6) is 11.6 Å². The summed E-state index contributed by atoms with van der Waals surface area (Å²) in [6, 6.07) is 13.3. The van der Waals surface area contributed by atoms with Crippen LogP contribution in [-0.4, -0.2) is 20.4 Å². The Morgan fingerprint density at radius 1 is 1.08 bits per heavy atom. The Bertz CT molecular complexity index is 935. The Labute approximate surface area is 144 Å². The minimum absolute atomic E-state index is 0.0953. The van der Waals surface area contributed by atoms with Crippen LogP contribution in [0.3, 0.4) is 0 Å². The monoisotopic (exact) mass is 338 g/mol. The highest BCUT2D eigenvalue weighted by atomic mass is 16.6. The summed E-state index contributed by atoms with van der Waals surface area (Å²) in [7, 11) is 0. The van der Waals surface area contributed by atoms with E-state index in [0.717, 1.165) is 10.8 Å². The van der Waals surface area contributed by atoms with Gasteiger partial charge < -0.3 is 10.1 Å². The second-order valence-electron chi connectivity index (χ2n) is 6.62. The smallest absolute Gasteiger partial charge is 0.373 e. The number of anilines is 1. The predicted molar refractivity (Wildman–Crippen MR) is 96.1 cm³/mol. The first kappa shape index (κ1) is 16.6. The molecule has 1 heterocycles. The molecule has 0 bridgehead atoms. The molecule has 2 aromatic carbocycles. The maximum absolute atomic E-state index is 11.5. The summed E-state index contributed by atoms with van der Waals surface area (Å²) < 4.78 is 5.70. The molecule has 25 heavy (non-hydrogen) atoms. The van der Waals surface area contributed by atoms with Gasteiger partial charge in [-0.25, -0.2) is 4.98 Å². The number of hydrogen-bond donors (Lipinski definition) is 1. The molecule has 3 aromatic rings. The third-order valence-corrected chi connectivity index (χ3v) is 3.40. The van der Waals surface area contributed by atoms with E-state index in [4.69, 9.17) is 4.74 Å². The van der Waals surface area contributed by atoms with Crippen LogP contribution in [0, 0.1) is 10.1 Å². The molecule has 7 nitrogen and oxygen atoms in total. The Balaban J connectivity index is 2.00. The van der Waals surface area contributed by atoms with E-state index in [0.29, 0.717) is 5.75 Å². The van der Waals surface area contributed by atoms with E-state index < -0.39 is 4.92 Å². The average Bonchev–Trinajstić information content (AvgIpc) is 2.53. The molecule has 0 aliphatic heterocycles. The lowest BCUT2D eigenvalue weighted by molar-refractivity contribution is -0.385. The molecular weight excluding hydrogens is 320 g/mol. The van der Waals surface area contributed by atoms with Gasteiger partial charge in [-0.3, -0.25) is 10.1 Å². The van der Waals surface area contributed by atoms with Crippen LogP contribution in [0.15, 0.2) is 48.8 Å². The molecule has 1 N–H and O–H groups in total. The lowest BCUT2D eigenvalue weighted by atomic mass is 10.1. The van der Waals surface area contributed by atoms with E-state index in [9.17, 15) is 10.1 Å². The minimum atomic E-state index is -0.537. The van der Waals surface area contributed by atoms with Crippen molar-refractivity contribution in [1.82, 2.24) is 9.97 Å². The van der Waals surface area contributed by atoms with Gasteiger partial charge in [0.1, 0.15) is 12.1 Å². The zero-order chi connectivity index (χ0) is 18.0. The van der Waals surface area contributed by atoms with Gasteiger partial charge in [0.05, 0.1) is 4.92 Å². The predicted octanol–water partition coefficient (Wildman–Crippen LogP) is 4.54. The van der Waals surface area contributed by atoms with Crippen molar-refractivity contribution in [2.24, 2.45) is 0 Å². The maximum atomic E-state index is 11.5. The number of benzene rings is 2. The number of nitrogens with one attached hydrogen (secondary N) is 1. The number of aromatic nitrogens is 2. The van der Waals surface area contributed by atoms with E-state index >= 15 is 0 Å². The van der Waals surface area contributed by atoms with E-state index in [2.05, 4.69) is 15.3 Å². The van der Waals surface area contributed by atoms with E-state index in [-0.39, 0.29) is 22.9 Å². The third-order valence-electron chi connectivity index (χ3n) is 3.40.